The highest BCUT2D eigenvalue weighted by molar-refractivity contribution is 5.14. The van der Waals surface area contributed by atoms with Crippen molar-refractivity contribution < 1.29 is 0 Å². The molecule has 0 aliphatic heterocycles. The largest absolute Gasteiger partial charge is 0.308 e. The number of hydrogen-bond acceptors (Lipinski definition) is 2. The highest BCUT2D eigenvalue weighted by Gasteiger charge is 2.29. The minimum atomic E-state index is 0.480. The molecule has 1 saturated carbocycles. The van der Waals surface area contributed by atoms with Crippen LogP contribution in [0.2, 0.25) is 0 Å². The fraction of sp³-hybridized carbons (Fsp3) is 0.812. The zero-order valence-electron chi connectivity index (χ0n) is 12.9. The summed E-state index contributed by atoms with van der Waals surface area (Å²) >= 11 is 0. The average Bonchev–Trinajstić information content (AvgIpc) is 2.69. The van der Waals surface area contributed by atoms with E-state index in [-0.39, 0.29) is 0 Å². The van der Waals surface area contributed by atoms with Crippen LogP contribution in [0.5, 0.6) is 0 Å². The van der Waals surface area contributed by atoms with Gasteiger partial charge in [-0.1, -0.05) is 26.7 Å². The molecule has 1 aliphatic carbocycles. The predicted octanol–water partition coefficient (Wildman–Crippen LogP) is 3.60. The third kappa shape index (κ3) is 3.59. The molecule has 3 heteroatoms. The Kier molecular flexibility index (Phi) is 5.03. The first-order chi connectivity index (χ1) is 9.11. The maximum atomic E-state index is 4.53. The Hall–Kier alpha value is -0.830. The zero-order chi connectivity index (χ0) is 13.8. The van der Waals surface area contributed by atoms with Crippen LogP contribution in [0.15, 0.2) is 6.07 Å². The monoisotopic (exact) mass is 263 g/mol. The van der Waals surface area contributed by atoms with Gasteiger partial charge < -0.3 is 5.32 Å². The molecule has 2 rings (SSSR count). The van der Waals surface area contributed by atoms with E-state index in [0.717, 1.165) is 24.1 Å². The van der Waals surface area contributed by atoms with Gasteiger partial charge in [-0.15, -0.1) is 0 Å². The summed E-state index contributed by atoms with van der Waals surface area (Å²) in [5.41, 5.74) is 2.50. The van der Waals surface area contributed by atoms with E-state index in [9.17, 15) is 0 Å². The molecule has 0 saturated heterocycles. The second-order valence-corrected chi connectivity index (χ2v) is 6.30. The van der Waals surface area contributed by atoms with Crippen LogP contribution in [-0.2, 0) is 7.05 Å². The normalized spacial score (nSPS) is 25.5. The lowest BCUT2D eigenvalue weighted by Crippen LogP contribution is -2.33. The molecule has 108 valence electrons. The molecular formula is C16H29N3. The Morgan fingerprint density at radius 3 is 2.84 bits per heavy atom. The van der Waals surface area contributed by atoms with Crippen molar-refractivity contribution in [3.8, 4) is 0 Å². The maximum absolute atomic E-state index is 4.53. The van der Waals surface area contributed by atoms with E-state index < -0.39 is 0 Å². The SMILES string of the molecule is CCCNC(c1cc(C)nn1C)C1CCCC(C)C1. The van der Waals surface area contributed by atoms with Crippen LogP contribution in [-0.4, -0.2) is 16.3 Å². The van der Waals surface area contributed by atoms with E-state index >= 15 is 0 Å². The maximum Gasteiger partial charge on any atom is 0.0597 e. The summed E-state index contributed by atoms with van der Waals surface area (Å²) in [5.74, 6) is 1.64. The summed E-state index contributed by atoms with van der Waals surface area (Å²) in [6.07, 6.45) is 6.69. The standard InChI is InChI=1S/C16H29N3/c1-5-9-17-16(14-8-6-7-12(2)10-14)15-11-13(3)18-19(15)4/h11-12,14,16-17H,5-10H2,1-4H3. The van der Waals surface area contributed by atoms with Crippen LogP contribution in [0.3, 0.4) is 0 Å². The van der Waals surface area contributed by atoms with E-state index in [1.54, 1.807) is 0 Å². The lowest BCUT2D eigenvalue weighted by atomic mass is 9.77. The average molecular weight is 263 g/mol. The zero-order valence-corrected chi connectivity index (χ0v) is 12.9. The Morgan fingerprint density at radius 1 is 1.47 bits per heavy atom. The summed E-state index contributed by atoms with van der Waals surface area (Å²) in [7, 11) is 2.08. The summed E-state index contributed by atoms with van der Waals surface area (Å²) < 4.78 is 2.07. The van der Waals surface area contributed by atoms with Gasteiger partial charge in [0.25, 0.3) is 0 Å². The number of hydrogen-bond donors (Lipinski definition) is 1. The fourth-order valence-electron chi connectivity index (χ4n) is 3.52. The second kappa shape index (κ2) is 6.56. The van der Waals surface area contributed by atoms with Crippen molar-refractivity contribution in [2.24, 2.45) is 18.9 Å². The molecule has 1 aliphatic rings. The Balaban J connectivity index is 2.17. The molecule has 1 aromatic rings. The van der Waals surface area contributed by atoms with Crippen molar-refractivity contribution in [1.82, 2.24) is 15.1 Å². The molecule has 0 aromatic carbocycles. The highest BCUT2D eigenvalue weighted by atomic mass is 15.3. The molecule has 0 bridgehead atoms. The van der Waals surface area contributed by atoms with E-state index in [4.69, 9.17) is 0 Å². The predicted molar refractivity (Wildman–Crippen MR) is 80.1 cm³/mol. The van der Waals surface area contributed by atoms with Crippen molar-refractivity contribution in [1.29, 1.82) is 0 Å². The molecule has 3 nitrogen and oxygen atoms in total. The number of rotatable bonds is 5. The number of nitrogens with one attached hydrogen (secondary N) is 1. The molecule has 19 heavy (non-hydrogen) atoms. The molecule has 1 heterocycles. The first-order valence-electron chi connectivity index (χ1n) is 7.85. The lowest BCUT2D eigenvalue weighted by Gasteiger charge is -2.34. The van der Waals surface area contributed by atoms with Crippen LogP contribution >= 0.6 is 0 Å². The molecule has 3 unspecified atom stereocenters. The summed E-state index contributed by atoms with van der Waals surface area (Å²) in [6.45, 7) is 7.82. The third-order valence-corrected chi connectivity index (χ3v) is 4.42. The fourth-order valence-corrected chi connectivity index (χ4v) is 3.52. The second-order valence-electron chi connectivity index (χ2n) is 6.30. The topological polar surface area (TPSA) is 29.9 Å². The summed E-state index contributed by atoms with van der Waals surface area (Å²) in [4.78, 5) is 0. The molecule has 0 spiro atoms. The van der Waals surface area contributed by atoms with Crippen molar-refractivity contribution in [2.45, 2.75) is 58.9 Å². The van der Waals surface area contributed by atoms with Gasteiger partial charge in [-0.2, -0.15) is 5.10 Å². The summed E-state index contributed by atoms with van der Waals surface area (Å²) in [5, 5.41) is 8.30. The van der Waals surface area contributed by atoms with Crippen LogP contribution in [0, 0.1) is 18.8 Å². The Labute approximate surface area is 117 Å². The van der Waals surface area contributed by atoms with Gasteiger partial charge in [0.1, 0.15) is 0 Å². The van der Waals surface area contributed by atoms with Gasteiger partial charge in [0.2, 0.25) is 0 Å². The van der Waals surface area contributed by atoms with Crippen molar-refractivity contribution in [3.63, 3.8) is 0 Å². The number of aromatic nitrogens is 2. The van der Waals surface area contributed by atoms with Crippen molar-refractivity contribution >= 4 is 0 Å². The lowest BCUT2D eigenvalue weighted by molar-refractivity contribution is 0.218. The van der Waals surface area contributed by atoms with Gasteiger partial charge >= 0.3 is 0 Å². The van der Waals surface area contributed by atoms with Gasteiger partial charge in [-0.3, -0.25) is 4.68 Å². The van der Waals surface area contributed by atoms with Gasteiger partial charge in [-0.05, 0) is 50.6 Å². The molecule has 1 N–H and O–H groups in total. The van der Waals surface area contributed by atoms with Crippen molar-refractivity contribution in [2.75, 3.05) is 6.54 Å². The molecule has 3 atom stereocenters. The van der Waals surface area contributed by atoms with Gasteiger partial charge in [-0.25, -0.2) is 0 Å². The molecule has 0 amide bonds. The molecule has 0 radical (unpaired) electrons. The van der Waals surface area contributed by atoms with Gasteiger partial charge in [0.15, 0.2) is 0 Å². The van der Waals surface area contributed by atoms with E-state index in [2.05, 4.69) is 49.0 Å². The third-order valence-electron chi connectivity index (χ3n) is 4.42. The van der Waals surface area contributed by atoms with Gasteiger partial charge in [0.05, 0.1) is 17.4 Å². The quantitative estimate of drug-likeness (QED) is 0.879. The van der Waals surface area contributed by atoms with E-state index in [1.807, 2.05) is 0 Å². The number of aryl methyl sites for hydroxylation is 2. The Bertz CT molecular complexity index is 397. The van der Waals surface area contributed by atoms with Crippen molar-refractivity contribution in [3.05, 3.63) is 17.5 Å². The van der Waals surface area contributed by atoms with E-state index in [0.29, 0.717) is 6.04 Å². The van der Waals surface area contributed by atoms with Crippen LogP contribution in [0.25, 0.3) is 0 Å². The van der Waals surface area contributed by atoms with Gasteiger partial charge in [0, 0.05) is 7.05 Å². The van der Waals surface area contributed by atoms with Crippen LogP contribution in [0.1, 0.15) is 63.4 Å². The molecular weight excluding hydrogens is 234 g/mol. The molecule has 1 aromatic heterocycles. The smallest absolute Gasteiger partial charge is 0.0597 e. The first-order valence-corrected chi connectivity index (χ1v) is 7.85. The minimum Gasteiger partial charge on any atom is -0.308 e. The summed E-state index contributed by atoms with van der Waals surface area (Å²) in [6, 6.07) is 2.74. The Morgan fingerprint density at radius 2 is 2.26 bits per heavy atom. The van der Waals surface area contributed by atoms with E-state index in [1.165, 1.54) is 37.8 Å². The number of nitrogens with zero attached hydrogens (tertiary/aromatic N) is 2. The minimum absolute atomic E-state index is 0.480. The highest BCUT2D eigenvalue weighted by Crippen LogP contribution is 2.37. The van der Waals surface area contributed by atoms with Crippen LogP contribution < -0.4 is 5.32 Å². The first kappa shape index (κ1) is 14.6. The van der Waals surface area contributed by atoms with Crippen LogP contribution in [0.4, 0.5) is 0 Å². The molecule has 1 fully saturated rings.